The van der Waals surface area contributed by atoms with E-state index in [0.29, 0.717) is 17.7 Å². The molecule has 2 heterocycles. The van der Waals surface area contributed by atoms with E-state index in [4.69, 9.17) is 4.74 Å². The number of amides is 2. The van der Waals surface area contributed by atoms with Crippen LogP contribution < -0.4 is 15.0 Å². The molecule has 2 aromatic carbocycles. The smallest absolute Gasteiger partial charge is 0.325 e. The Bertz CT molecular complexity index is 839. The van der Waals surface area contributed by atoms with Crippen LogP contribution in [0.1, 0.15) is 24.9 Å². The van der Waals surface area contributed by atoms with Gasteiger partial charge in [-0.15, -0.1) is 0 Å². The monoisotopic (exact) mass is 325 g/mol. The van der Waals surface area contributed by atoms with Gasteiger partial charge in [0.05, 0.1) is 11.0 Å². The van der Waals surface area contributed by atoms with E-state index in [-0.39, 0.29) is 17.8 Å². The Balaban J connectivity index is 1.79. The molecule has 122 valence electrons. The lowest BCUT2D eigenvalue weighted by molar-refractivity contribution is -0.385. The van der Waals surface area contributed by atoms with Gasteiger partial charge in [-0.1, -0.05) is 18.2 Å². The number of para-hydroxylation sites is 1. The van der Waals surface area contributed by atoms with Crippen LogP contribution in [0.5, 0.6) is 5.75 Å². The molecule has 7 nitrogen and oxygen atoms in total. The Morgan fingerprint density at radius 2 is 2.04 bits per heavy atom. The summed E-state index contributed by atoms with van der Waals surface area (Å²) in [6.07, 6.45) is 0.502. The normalized spacial score (nSPS) is 24.6. The molecule has 2 aromatic rings. The number of rotatable bonds is 2. The third-order valence-electron chi connectivity index (χ3n) is 4.48. The summed E-state index contributed by atoms with van der Waals surface area (Å²) < 4.78 is 6.10. The zero-order valence-corrected chi connectivity index (χ0v) is 12.9. The summed E-state index contributed by atoms with van der Waals surface area (Å²) in [5, 5.41) is 13.9. The van der Waals surface area contributed by atoms with Crippen molar-refractivity contribution in [2.24, 2.45) is 0 Å². The molecule has 7 heteroatoms. The van der Waals surface area contributed by atoms with Gasteiger partial charge in [-0.3, -0.25) is 15.0 Å². The summed E-state index contributed by atoms with van der Waals surface area (Å²) in [7, 11) is 0. The number of nitro benzene ring substituents is 1. The molecule has 1 fully saturated rings. The topological polar surface area (TPSA) is 84.7 Å². The summed E-state index contributed by atoms with van der Waals surface area (Å²) in [6.45, 7) is 1.86. The first-order chi connectivity index (χ1) is 11.5. The van der Waals surface area contributed by atoms with Crippen LogP contribution in [0.4, 0.5) is 16.2 Å². The van der Waals surface area contributed by atoms with Gasteiger partial charge in [0, 0.05) is 29.8 Å². The Morgan fingerprint density at radius 1 is 1.29 bits per heavy atom. The van der Waals surface area contributed by atoms with Gasteiger partial charge in [-0.05, 0) is 25.1 Å². The summed E-state index contributed by atoms with van der Waals surface area (Å²) in [5.74, 6) is 0.556. The lowest BCUT2D eigenvalue weighted by atomic mass is 9.90. The van der Waals surface area contributed by atoms with E-state index in [2.05, 4.69) is 5.32 Å². The summed E-state index contributed by atoms with van der Waals surface area (Å²) in [6, 6.07) is 13.2. The Labute approximate surface area is 138 Å². The van der Waals surface area contributed by atoms with Crippen molar-refractivity contribution >= 4 is 17.4 Å². The van der Waals surface area contributed by atoms with Crippen molar-refractivity contribution in [3.05, 3.63) is 64.2 Å². The van der Waals surface area contributed by atoms with Gasteiger partial charge in [-0.25, -0.2) is 4.79 Å². The highest BCUT2D eigenvalue weighted by Gasteiger charge is 2.50. The van der Waals surface area contributed by atoms with Gasteiger partial charge < -0.3 is 10.1 Å². The number of non-ortho nitro benzene ring substituents is 1. The molecular weight excluding hydrogens is 310 g/mol. The minimum Gasteiger partial charge on any atom is -0.467 e. The highest BCUT2D eigenvalue weighted by molar-refractivity contribution is 5.94. The molecule has 0 saturated carbocycles. The van der Waals surface area contributed by atoms with Crippen molar-refractivity contribution in [3.8, 4) is 5.75 Å². The molecule has 2 aliphatic heterocycles. The molecule has 0 aliphatic carbocycles. The lowest BCUT2D eigenvalue weighted by Crippen LogP contribution is -2.65. The molecule has 0 spiro atoms. The number of hydrogen-bond donors (Lipinski definition) is 1. The minimum absolute atomic E-state index is 0.0132. The van der Waals surface area contributed by atoms with Crippen LogP contribution in [0.2, 0.25) is 0 Å². The molecule has 0 aromatic heterocycles. The number of hydrogen-bond acceptors (Lipinski definition) is 4. The average Bonchev–Trinajstić information content (AvgIpc) is 2.54. The number of nitrogens with zero attached hydrogens (tertiary/aromatic N) is 2. The first kappa shape index (κ1) is 14.5. The van der Waals surface area contributed by atoms with E-state index in [1.54, 1.807) is 11.0 Å². The second-order valence-corrected chi connectivity index (χ2v) is 6.13. The number of ether oxygens (including phenoxy) is 1. The number of nitro groups is 1. The van der Waals surface area contributed by atoms with E-state index >= 15 is 0 Å². The summed E-state index contributed by atoms with van der Waals surface area (Å²) in [5.41, 5.74) is 0.516. The van der Waals surface area contributed by atoms with Gasteiger partial charge in [0.2, 0.25) is 0 Å². The van der Waals surface area contributed by atoms with Gasteiger partial charge >= 0.3 is 6.03 Å². The van der Waals surface area contributed by atoms with E-state index in [1.807, 2.05) is 37.3 Å². The third-order valence-corrected chi connectivity index (χ3v) is 4.48. The number of fused-ring (bicyclic) bond motifs is 4. The van der Waals surface area contributed by atoms with Crippen molar-refractivity contribution in [3.63, 3.8) is 0 Å². The van der Waals surface area contributed by atoms with E-state index in [1.165, 1.54) is 12.1 Å². The van der Waals surface area contributed by atoms with Crippen LogP contribution in [0.25, 0.3) is 0 Å². The molecule has 2 aliphatic rings. The maximum absolute atomic E-state index is 12.6. The van der Waals surface area contributed by atoms with Crippen LogP contribution in [-0.2, 0) is 0 Å². The first-order valence-corrected chi connectivity index (χ1v) is 7.61. The fraction of sp³-hybridized carbons (Fsp3) is 0.235. The first-order valence-electron chi connectivity index (χ1n) is 7.61. The summed E-state index contributed by atoms with van der Waals surface area (Å²) >= 11 is 0. The van der Waals surface area contributed by atoms with Crippen LogP contribution in [-0.4, -0.2) is 16.7 Å². The van der Waals surface area contributed by atoms with Crippen LogP contribution >= 0.6 is 0 Å². The van der Waals surface area contributed by atoms with E-state index in [0.717, 1.165) is 5.69 Å². The molecule has 4 rings (SSSR count). The predicted molar refractivity (Wildman–Crippen MR) is 86.9 cm³/mol. The van der Waals surface area contributed by atoms with Gasteiger partial charge in [0.25, 0.3) is 5.69 Å². The number of benzene rings is 2. The zero-order chi connectivity index (χ0) is 16.9. The fourth-order valence-corrected chi connectivity index (χ4v) is 3.44. The molecule has 0 radical (unpaired) electrons. The van der Waals surface area contributed by atoms with E-state index in [9.17, 15) is 14.9 Å². The number of nitrogens with one attached hydrogen (secondary N) is 1. The fourth-order valence-electron chi connectivity index (χ4n) is 3.44. The molecule has 2 amide bonds. The number of carbonyl (C=O) groups is 1. The summed E-state index contributed by atoms with van der Waals surface area (Å²) in [4.78, 5) is 24.8. The number of carbonyl (C=O) groups excluding carboxylic acids is 1. The molecule has 2 atom stereocenters. The third kappa shape index (κ3) is 2.09. The van der Waals surface area contributed by atoms with Crippen LogP contribution in [0, 0.1) is 10.1 Å². The molecular formula is C17H15N3O4. The Morgan fingerprint density at radius 3 is 2.75 bits per heavy atom. The van der Waals surface area contributed by atoms with Crippen molar-refractivity contribution in [1.82, 2.24) is 5.32 Å². The van der Waals surface area contributed by atoms with Gasteiger partial charge in [0.15, 0.2) is 5.72 Å². The molecule has 24 heavy (non-hydrogen) atoms. The van der Waals surface area contributed by atoms with Crippen molar-refractivity contribution in [1.29, 1.82) is 0 Å². The number of urea groups is 1. The van der Waals surface area contributed by atoms with Crippen LogP contribution in [0.3, 0.4) is 0 Å². The quantitative estimate of drug-likeness (QED) is 0.677. The lowest BCUT2D eigenvalue weighted by Gasteiger charge is -2.50. The zero-order valence-electron chi connectivity index (χ0n) is 12.9. The largest absolute Gasteiger partial charge is 0.467 e. The van der Waals surface area contributed by atoms with Crippen molar-refractivity contribution in [2.75, 3.05) is 4.90 Å². The second kappa shape index (κ2) is 4.95. The Kier molecular flexibility index (Phi) is 2.99. The highest BCUT2D eigenvalue weighted by atomic mass is 16.6. The van der Waals surface area contributed by atoms with Crippen molar-refractivity contribution < 1.29 is 14.5 Å². The standard InChI is InChI=1S/C17H15N3O4/c1-17-10-14(13-9-12(20(22)23)7-8-15(13)24-17)18-16(21)19(17)11-5-3-2-4-6-11/h2-9,14H,10H2,1H3,(H,18,21)/t14-,17-/m1/s1. The predicted octanol–water partition coefficient (Wildman–Crippen LogP) is 3.36. The molecule has 1 saturated heterocycles. The van der Waals surface area contributed by atoms with E-state index < -0.39 is 10.6 Å². The maximum atomic E-state index is 12.6. The van der Waals surface area contributed by atoms with Crippen molar-refractivity contribution in [2.45, 2.75) is 25.1 Å². The van der Waals surface area contributed by atoms with Crippen LogP contribution in [0.15, 0.2) is 48.5 Å². The minimum atomic E-state index is -0.850. The second-order valence-electron chi connectivity index (χ2n) is 6.13. The number of anilines is 1. The average molecular weight is 325 g/mol. The van der Waals surface area contributed by atoms with Gasteiger partial charge in [0.1, 0.15) is 5.75 Å². The SMILES string of the molecule is C[C@@]12C[C@@H](NC(=O)N1c1ccccc1)c1cc([N+](=O)[O-])ccc1O2. The Hall–Kier alpha value is -3.09. The molecule has 0 unspecified atom stereocenters. The molecule has 1 N–H and O–H groups in total. The van der Waals surface area contributed by atoms with Gasteiger partial charge in [-0.2, -0.15) is 0 Å². The molecule has 2 bridgehead atoms. The maximum Gasteiger partial charge on any atom is 0.325 e. The highest BCUT2D eigenvalue weighted by Crippen LogP contribution is 2.46.